The second-order valence-electron chi connectivity index (χ2n) is 4.73. The Morgan fingerprint density at radius 3 is 2.19 bits per heavy atom. The van der Waals surface area contributed by atoms with Crippen LogP contribution < -0.4 is 17.2 Å². The highest BCUT2D eigenvalue weighted by Gasteiger charge is 2.30. The fourth-order valence-corrected chi connectivity index (χ4v) is 3.46. The molecule has 0 atom stereocenters. The number of amides is 2. The summed E-state index contributed by atoms with van der Waals surface area (Å²) >= 11 is 0. The zero-order valence-corrected chi connectivity index (χ0v) is 12.6. The number of primary amides is 2. The van der Waals surface area contributed by atoms with Gasteiger partial charge in [0.1, 0.15) is 4.90 Å². The SMILES string of the molecule is CC(C)N(CC(N)=O)S(=O)(=O)c1ccc(C(N)=O)cc1N. The molecule has 0 radical (unpaired) electrons. The first-order valence-electron chi connectivity index (χ1n) is 6.07. The number of hydrogen-bond acceptors (Lipinski definition) is 5. The lowest BCUT2D eigenvalue weighted by Gasteiger charge is -2.25. The van der Waals surface area contributed by atoms with Gasteiger partial charge in [0.05, 0.1) is 12.2 Å². The van der Waals surface area contributed by atoms with E-state index in [0.717, 1.165) is 4.31 Å². The lowest BCUT2D eigenvalue weighted by Crippen LogP contribution is -2.42. The Morgan fingerprint density at radius 1 is 1.24 bits per heavy atom. The highest BCUT2D eigenvalue weighted by molar-refractivity contribution is 7.89. The van der Waals surface area contributed by atoms with E-state index in [1.807, 2.05) is 0 Å². The Morgan fingerprint density at radius 2 is 1.81 bits per heavy atom. The lowest BCUT2D eigenvalue weighted by molar-refractivity contribution is -0.118. The van der Waals surface area contributed by atoms with E-state index in [-0.39, 0.29) is 16.1 Å². The van der Waals surface area contributed by atoms with E-state index in [1.54, 1.807) is 13.8 Å². The Kier molecular flexibility index (Phi) is 4.92. The summed E-state index contributed by atoms with van der Waals surface area (Å²) in [5.41, 5.74) is 15.8. The van der Waals surface area contributed by atoms with Gasteiger partial charge in [-0.3, -0.25) is 9.59 Å². The molecule has 0 fully saturated rings. The molecule has 0 aliphatic carbocycles. The number of hydrogen-bond donors (Lipinski definition) is 3. The quantitative estimate of drug-likeness (QED) is 0.590. The van der Waals surface area contributed by atoms with E-state index < -0.39 is 34.4 Å². The fourth-order valence-electron chi connectivity index (χ4n) is 1.76. The van der Waals surface area contributed by atoms with Crippen molar-refractivity contribution >= 4 is 27.5 Å². The van der Waals surface area contributed by atoms with Crippen LogP contribution in [-0.4, -0.2) is 37.1 Å². The molecular weight excluding hydrogens is 296 g/mol. The molecule has 9 heteroatoms. The van der Waals surface area contributed by atoms with Gasteiger partial charge in [0.2, 0.25) is 21.8 Å². The number of benzene rings is 1. The van der Waals surface area contributed by atoms with E-state index in [0.29, 0.717) is 0 Å². The summed E-state index contributed by atoms with van der Waals surface area (Å²) in [7, 11) is -4.01. The van der Waals surface area contributed by atoms with Crippen LogP contribution in [0.3, 0.4) is 0 Å². The van der Waals surface area contributed by atoms with Gasteiger partial charge in [-0.1, -0.05) is 0 Å². The van der Waals surface area contributed by atoms with Crippen molar-refractivity contribution in [3.8, 4) is 0 Å². The summed E-state index contributed by atoms with van der Waals surface area (Å²) in [5.74, 6) is -1.50. The Balaban J connectivity index is 3.35. The molecule has 0 spiro atoms. The van der Waals surface area contributed by atoms with Gasteiger partial charge in [-0.25, -0.2) is 8.42 Å². The number of carbonyl (C=O) groups excluding carboxylic acids is 2. The van der Waals surface area contributed by atoms with Gasteiger partial charge < -0.3 is 17.2 Å². The summed E-state index contributed by atoms with van der Waals surface area (Å²) in [6.45, 7) is 2.75. The zero-order valence-electron chi connectivity index (χ0n) is 11.7. The third kappa shape index (κ3) is 3.70. The van der Waals surface area contributed by atoms with Gasteiger partial charge in [0.25, 0.3) is 0 Å². The molecular formula is C12H18N4O4S. The molecule has 0 bridgehead atoms. The van der Waals surface area contributed by atoms with Crippen LogP contribution in [0.5, 0.6) is 0 Å². The topological polar surface area (TPSA) is 150 Å². The second-order valence-corrected chi connectivity index (χ2v) is 6.59. The first-order chi connectivity index (χ1) is 9.57. The van der Waals surface area contributed by atoms with Gasteiger partial charge >= 0.3 is 0 Å². The van der Waals surface area contributed by atoms with Crippen LogP contribution in [0.1, 0.15) is 24.2 Å². The number of nitrogens with zero attached hydrogens (tertiary/aromatic N) is 1. The van der Waals surface area contributed by atoms with Gasteiger partial charge in [0.15, 0.2) is 0 Å². The minimum absolute atomic E-state index is 0.0949. The number of sulfonamides is 1. The maximum Gasteiger partial charge on any atom is 0.248 e. The van der Waals surface area contributed by atoms with E-state index in [1.165, 1.54) is 18.2 Å². The van der Waals surface area contributed by atoms with Crippen molar-refractivity contribution in [2.75, 3.05) is 12.3 Å². The predicted octanol–water partition coefficient (Wildman–Crippen LogP) is -0.748. The van der Waals surface area contributed by atoms with Gasteiger partial charge in [-0.2, -0.15) is 4.31 Å². The molecule has 0 unspecified atom stereocenters. The molecule has 8 nitrogen and oxygen atoms in total. The van der Waals surface area contributed by atoms with Crippen LogP contribution in [0.25, 0.3) is 0 Å². The van der Waals surface area contributed by atoms with Crippen molar-refractivity contribution in [1.29, 1.82) is 0 Å². The highest BCUT2D eigenvalue weighted by atomic mass is 32.2. The molecule has 0 saturated carbocycles. The maximum absolute atomic E-state index is 12.5. The third-order valence-electron chi connectivity index (χ3n) is 2.77. The molecule has 1 aromatic rings. The number of nitrogens with two attached hydrogens (primary N) is 3. The minimum atomic E-state index is -4.01. The van der Waals surface area contributed by atoms with E-state index in [2.05, 4.69) is 0 Å². The van der Waals surface area contributed by atoms with E-state index in [4.69, 9.17) is 17.2 Å². The van der Waals surface area contributed by atoms with Crippen LogP contribution in [0, 0.1) is 0 Å². The second kappa shape index (κ2) is 6.10. The zero-order chi connectivity index (χ0) is 16.4. The highest BCUT2D eigenvalue weighted by Crippen LogP contribution is 2.24. The largest absolute Gasteiger partial charge is 0.398 e. The summed E-state index contributed by atoms with van der Waals surface area (Å²) in [6.07, 6.45) is 0. The Hall–Kier alpha value is -2.13. The van der Waals surface area contributed by atoms with Crippen molar-refractivity contribution in [2.45, 2.75) is 24.8 Å². The summed E-state index contributed by atoms with van der Waals surface area (Å²) in [6, 6.07) is 3.13. The number of carbonyl (C=O) groups is 2. The van der Waals surface area contributed by atoms with Gasteiger partial charge in [-0.05, 0) is 32.0 Å². The predicted molar refractivity (Wildman–Crippen MR) is 77.6 cm³/mol. The van der Waals surface area contributed by atoms with E-state index in [9.17, 15) is 18.0 Å². The van der Waals surface area contributed by atoms with Crippen LogP contribution in [0.4, 0.5) is 5.69 Å². The lowest BCUT2D eigenvalue weighted by atomic mass is 10.2. The summed E-state index contributed by atoms with van der Waals surface area (Å²) in [4.78, 5) is 21.9. The number of nitrogen functional groups attached to an aromatic ring is 1. The van der Waals surface area contributed by atoms with Crippen LogP contribution >= 0.6 is 0 Å². The summed E-state index contributed by atoms with van der Waals surface area (Å²) in [5, 5.41) is 0. The van der Waals surface area contributed by atoms with Crippen LogP contribution in [-0.2, 0) is 14.8 Å². The first-order valence-corrected chi connectivity index (χ1v) is 7.51. The maximum atomic E-state index is 12.5. The minimum Gasteiger partial charge on any atom is -0.398 e. The Bertz CT molecular complexity index is 670. The molecule has 0 aromatic heterocycles. The molecule has 1 aromatic carbocycles. The van der Waals surface area contributed by atoms with Crippen molar-refractivity contribution in [3.05, 3.63) is 23.8 Å². The van der Waals surface area contributed by atoms with Crippen molar-refractivity contribution < 1.29 is 18.0 Å². The van der Waals surface area contributed by atoms with Crippen molar-refractivity contribution in [1.82, 2.24) is 4.31 Å². The van der Waals surface area contributed by atoms with Crippen molar-refractivity contribution in [2.24, 2.45) is 11.5 Å². The summed E-state index contributed by atoms with van der Waals surface area (Å²) < 4.78 is 26.0. The first kappa shape index (κ1) is 16.9. The number of rotatable bonds is 6. The number of anilines is 1. The third-order valence-corrected chi connectivity index (χ3v) is 4.86. The van der Waals surface area contributed by atoms with Gasteiger partial charge in [0, 0.05) is 11.6 Å². The molecule has 2 amide bonds. The van der Waals surface area contributed by atoms with Crippen LogP contribution in [0.15, 0.2) is 23.1 Å². The van der Waals surface area contributed by atoms with Crippen LogP contribution in [0.2, 0.25) is 0 Å². The molecule has 21 heavy (non-hydrogen) atoms. The Labute approximate surface area is 122 Å². The molecule has 0 aliphatic heterocycles. The monoisotopic (exact) mass is 314 g/mol. The fraction of sp³-hybridized carbons (Fsp3) is 0.333. The molecule has 1 rings (SSSR count). The molecule has 0 saturated heterocycles. The molecule has 116 valence electrons. The molecule has 0 heterocycles. The van der Waals surface area contributed by atoms with Gasteiger partial charge in [-0.15, -0.1) is 0 Å². The smallest absolute Gasteiger partial charge is 0.248 e. The standard InChI is InChI=1S/C12H18N4O4S/c1-7(2)16(6-11(14)17)21(19,20)10-4-3-8(12(15)18)5-9(10)13/h3-5,7H,6,13H2,1-2H3,(H2,14,17)(H2,15,18). The molecule has 6 N–H and O–H groups in total. The van der Waals surface area contributed by atoms with Crippen molar-refractivity contribution in [3.63, 3.8) is 0 Å². The average Bonchev–Trinajstić information content (AvgIpc) is 2.34. The molecule has 0 aliphatic rings. The normalized spacial score (nSPS) is 11.8. The average molecular weight is 314 g/mol. The van der Waals surface area contributed by atoms with E-state index >= 15 is 0 Å².